The Morgan fingerprint density at radius 1 is 1.58 bits per heavy atom. The maximum atomic E-state index is 5.29. The van der Waals surface area contributed by atoms with Crippen LogP contribution in [0.2, 0.25) is 0 Å². The molecule has 0 aromatic carbocycles. The summed E-state index contributed by atoms with van der Waals surface area (Å²) in [5, 5.41) is 4.19. The largest absolute Gasteiger partial charge is 0.377 e. The van der Waals surface area contributed by atoms with Crippen LogP contribution in [0.15, 0.2) is 12.4 Å². The molecule has 1 rings (SSSR count). The summed E-state index contributed by atoms with van der Waals surface area (Å²) in [5.74, 6) is 0. The van der Waals surface area contributed by atoms with Crippen LogP contribution < -0.4 is 0 Å². The zero-order chi connectivity index (χ0) is 9.19. The molecule has 0 bridgehead atoms. The van der Waals surface area contributed by atoms with E-state index < -0.39 is 0 Å². The van der Waals surface area contributed by atoms with Gasteiger partial charge in [-0.3, -0.25) is 4.68 Å². The predicted molar refractivity (Wildman–Crippen MR) is 48.1 cm³/mol. The van der Waals surface area contributed by atoms with Crippen LogP contribution >= 0.6 is 0 Å². The maximum absolute atomic E-state index is 5.29. The summed E-state index contributed by atoms with van der Waals surface area (Å²) in [6.45, 7) is 6.91. The van der Waals surface area contributed by atoms with Crippen molar-refractivity contribution >= 4 is 0 Å². The van der Waals surface area contributed by atoms with Crippen molar-refractivity contribution in [1.82, 2.24) is 9.78 Å². The van der Waals surface area contributed by atoms with Gasteiger partial charge >= 0.3 is 0 Å². The van der Waals surface area contributed by atoms with E-state index in [-0.39, 0.29) is 5.60 Å². The molecule has 0 saturated carbocycles. The Bertz CT molecular complexity index is 253. The number of aryl methyl sites for hydroxylation is 1. The molecule has 3 nitrogen and oxygen atoms in total. The first kappa shape index (κ1) is 9.26. The second-order valence-corrected chi connectivity index (χ2v) is 3.68. The molecule has 0 fully saturated rings. The van der Waals surface area contributed by atoms with E-state index >= 15 is 0 Å². The topological polar surface area (TPSA) is 27.1 Å². The second kappa shape index (κ2) is 3.27. The summed E-state index contributed by atoms with van der Waals surface area (Å²) in [6.07, 6.45) is 3.87. The molecule has 1 heterocycles. The Labute approximate surface area is 73.3 Å². The molecular weight excluding hydrogens is 152 g/mol. The number of rotatable bonds is 3. The highest BCUT2D eigenvalue weighted by Gasteiger charge is 2.16. The molecule has 3 heteroatoms. The van der Waals surface area contributed by atoms with Gasteiger partial charge in [-0.1, -0.05) is 0 Å². The van der Waals surface area contributed by atoms with Crippen molar-refractivity contribution in [3.63, 3.8) is 0 Å². The van der Waals surface area contributed by atoms with E-state index in [0.29, 0.717) is 0 Å². The Hall–Kier alpha value is -0.830. The zero-order valence-electron chi connectivity index (χ0n) is 8.16. The van der Waals surface area contributed by atoms with E-state index in [2.05, 4.69) is 5.10 Å². The summed E-state index contributed by atoms with van der Waals surface area (Å²) >= 11 is 0. The Kier molecular flexibility index (Phi) is 2.52. The Balaban J connectivity index is 2.63. The lowest BCUT2D eigenvalue weighted by Gasteiger charge is -2.22. The monoisotopic (exact) mass is 168 g/mol. The van der Waals surface area contributed by atoms with Gasteiger partial charge in [0.05, 0.1) is 18.3 Å². The van der Waals surface area contributed by atoms with Crippen LogP contribution in [-0.4, -0.2) is 22.5 Å². The van der Waals surface area contributed by atoms with Crippen molar-refractivity contribution in [3.05, 3.63) is 18.0 Å². The first-order chi connectivity index (χ1) is 5.53. The summed E-state index contributed by atoms with van der Waals surface area (Å²) < 4.78 is 7.19. The molecule has 68 valence electrons. The summed E-state index contributed by atoms with van der Waals surface area (Å²) in [4.78, 5) is 0. The summed E-state index contributed by atoms with van der Waals surface area (Å²) in [6, 6.07) is 0. The standard InChI is InChI=1S/C9H16N2O/c1-8-5-10-11(6-8)7-9(2,3)12-4/h5-6H,7H2,1-4H3. The van der Waals surface area contributed by atoms with Gasteiger partial charge in [0.1, 0.15) is 0 Å². The first-order valence-corrected chi connectivity index (χ1v) is 4.08. The van der Waals surface area contributed by atoms with Gasteiger partial charge in [0, 0.05) is 13.3 Å². The lowest BCUT2D eigenvalue weighted by molar-refractivity contribution is 0.00541. The molecule has 0 unspecified atom stereocenters. The molecule has 0 N–H and O–H groups in total. The third-order valence-corrected chi connectivity index (χ3v) is 1.86. The zero-order valence-corrected chi connectivity index (χ0v) is 8.16. The number of methoxy groups -OCH3 is 1. The van der Waals surface area contributed by atoms with Crippen molar-refractivity contribution < 1.29 is 4.74 Å². The summed E-state index contributed by atoms with van der Waals surface area (Å²) in [5.41, 5.74) is 1.04. The minimum absolute atomic E-state index is 0.140. The van der Waals surface area contributed by atoms with Crippen LogP contribution in [0.1, 0.15) is 19.4 Å². The van der Waals surface area contributed by atoms with Crippen LogP contribution in [0, 0.1) is 6.92 Å². The highest BCUT2D eigenvalue weighted by atomic mass is 16.5. The lowest BCUT2D eigenvalue weighted by Crippen LogP contribution is -2.29. The van der Waals surface area contributed by atoms with Gasteiger partial charge < -0.3 is 4.74 Å². The van der Waals surface area contributed by atoms with Crippen LogP contribution in [0.4, 0.5) is 0 Å². The molecule has 0 spiro atoms. The second-order valence-electron chi connectivity index (χ2n) is 3.68. The van der Waals surface area contributed by atoms with Crippen LogP contribution in [0.25, 0.3) is 0 Å². The van der Waals surface area contributed by atoms with Gasteiger partial charge in [0.25, 0.3) is 0 Å². The van der Waals surface area contributed by atoms with Gasteiger partial charge in [0.15, 0.2) is 0 Å². The maximum Gasteiger partial charge on any atom is 0.0817 e. The third-order valence-electron chi connectivity index (χ3n) is 1.86. The minimum atomic E-state index is -0.140. The number of hydrogen-bond donors (Lipinski definition) is 0. The predicted octanol–water partition coefficient (Wildman–Crippen LogP) is 1.62. The molecule has 0 aliphatic rings. The molecule has 0 aliphatic carbocycles. The number of ether oxygens (including phenoxy) is 1. The van der Waals surface area contributed by atoms with Crippen molar-refractivity contribution in [2.24, 2.45) is 0 Å². The molecule has 12 heavy (non-hydrogen) atoms. The summed E-state index contributed by atoms with van der Waals surface area (Å²) in [7, 11) is 1.72. The molecule has 1 aromatic rings. The number of nitrogens with zero attached hydrogens (tertiary/aromatic N) is 2. The highest BCUT2D eigenvalue weighted by molar-refractivity contribution is 4.99. The minimum Gasteiger partial charge on any atom is -0.377 e. The lowest BCUT2D eigenvalue weighted by atomic mass is 10.1. The molecule has 0 amide bonds. The first-order valence-electron chi connectivity index (χ1n) is 4.08. The average molecular weight is 168 g/mol. The van der Waals surface area contributed by atoms with Gasteiger partial charge in [-0.25, -0.2) is 0 Å². The van der Waals surface area contributed by atoms with Crippen LogP contribution in [-0.2, 0) is 11.3 Å². The van der Waals surface area contributed by atoms with E-state index in [1.54, 1.807) is 7.11 Å². The van der Waals surface area contributed by atoms with Crippen molar-refractivity contribution in [1.29, 1.82) is 0 Å². The molecule has 1 aromatic heterocycles. The van der Waals surface area contributed by atoms with Gasteiger partial charge in [-0.15, -0.1) is 0 Å². The molecule has 0 saturated heterocycles. The Morgan fingerprint density at radius 3 is 2.67 bits per heavy atom. The Morgan fingerprint density at radius 2 is 2.25 bits per heavy atom. The number of aromatic nitrogens is 2. The third kappa shape index (κ3) is 2.34. The van der Waals surface area contributed by atoms with E-state index in [4.69, 9.17) is 4.74 Å². The van der Waals surface area contributed by atoms with Crippen LogP contribution in [0.3, 0.4) is 0 Å². The molecular formula is C9H16N2O. The smallest absolute Gasteiger partial charge is 0.0817 e. The van der Waals surface area contributed by atoms with Gasteiger partial charge in [0.2, 0.25) is 0 Å². The van der Waals surface area contributed by atoms with E-state index in [0.717, 1.165) is 6.54 Å². The average Bonchev–Trinajstić information content (AvgIpc) is 2.35. The molecule has 0 aliphatic heterocycles. The fraction of sp³-hybridized carbons (Fsp3) is 0.667. The number of hydrogen-bond acceptors (Lipinski definition) is 2. The fourth-order valence-electron chi connectivity index (χ4n) is 1.01. The van der Waals surface area contributed by atoms with Gasteiger partial charge in [-0.2, -0.15) is 5.10 Å². The van der Waals surface area contributed by atoms with E-state index in [9.17, 15) is 0 Å². The van der Waals surface area contributed by atoms with E-state index in [1.165, 1.54) is 5.56 Å². The molecule has 0 atom stereocenters. The van der Waals surface area contributed by atoms with Crippen LogP contribution in [0.5, 0.6) is 0 Å². The fourth-order valence-corrected chi connectivity index (χ4v) is 1.01. The van der Waals surface area contributed by atoms with E-state index in [1.807, 2.05) is 37.8 Å². The van der Waals surface area contributed by atoms with Crippen molar-refractivity contribution in [3.8, 4) is 0 Å². The molecule has 0 radical (unpaired) electrons. The normalized spacial score (nSPS) is 12.0. The SMILES string of the molecule is COC(C)(C)Cn1cc(C)cn1. The van der Waals surface area contributed by atoms with Crippen molar-refractivity contribution in [2.75, 3.05) is 7.11 Å². The van der Waals surface area contributed by atoms with Gasteiger partial charge in [-0.05, 0) is 26.3 Å². The highest BCUT2D eigenvalue weighted by Crippen LogP contribution is 2.10. The van der Waals surface area contributed by atoms with Crippen molar-refractivity contribution in [2.45, 2.75) is 32.9 Å². The quantitative estimate of drug-likeness (QED) is 0.685.